The van der Waals surface area contributed by atoms with Crippen LogP contribution in [0.15, 0.2) is 36.0 Å². The number of methoxy groups -OCH3 is 1. The molecule has 32 heavy (non-hydrogen) atoms. The zero-order valence-corrected chi connectivity index (χ0v) is 19.5. The van der Waals surface area contributed by atoms with Crippen LogP contribution in [0.4, 0.5) is 0 Å². The number of aliphatic hydroxyl groups is 2. The molecule has 0 aromatic rings. The van der Waals surface area contributed by atoms with Gasteiger partial charge in [-0.1, -0.05) is 36.8 Å². The fourth-order valence-corrected chi connectivity index (χ4v) is 7.58. The van der Waals surface area contributed by atoms with Crippen LogP contribution in [0, 0.1) is 28.1 Å². The molecule has 2 aliphatic heterocycles. The van der Waals surface area contributed by atoms with Gasteiger partial charge in [-0.25, -0.2) is 4.79 Å². The highest BCUT2D eigenvalue weighted by atomic mass is 16.6. The second-order valence-electron chi connectivity index (χ2n) is 10.9. The van der Waals surface area contributed by atoms with Crippen LogP contribution in [-0.2, 0) is 19.0 Å². The van der Waals surface area contributed by atoms with Gasteiger partial charge in [-0.15, -0.1) is 0 Å². The Labute approximate surface area is 190 Å². The molecule has 6 nitrogen and oxygen atoms in total. The first-order valence-electron chi connectivity index (χ1n) is 11.9. The third kappa shape index (κ3) is 2.89. The summed E-state index contributed by atoms with van der Waals surface area (Å²) >= 11 is 0. The number of rotatable bonds is 7. The molecule has 6 rings (SSSR count). The van der Waals surface area contributed by atoms with E-state index in [-0.39, 0.29) is 41.7 Å². The van der Waals surface area contributed by atoms with Crippen molar-refractivity contribution in [2.45, 2.75) is 77.0 Å². The van der Waals surface area contributed by atoms with Crippen molar-refractivity contribution in [3.05, 3.63) is 36.0 Å². The fraction of sp³-hybridized carbons (Fsp3) is 0.731. The molecule has 2 bridgehead atoms. The molecule has 4 unspecified atom stereocenters. The molecule has 0 aromatic carbocycles. The van der Waals surface area contributed by atoms with E-state index in [0.717, 1.165) is 12.8 Å². The molecule has 10 atom stereocenters. The van der Waals surface area contributed by atoms with Crippen molar-refractivity contribution < 1.29 is 29.2 Å². The minimum absolute atomic E-state index is 0.0499. The number of ether oxygens (including phenoxy) is 3. The zero-order chi connectivity index (χ0) is 22.9. The van der Waals surface area contributed by atoms with Gasteiger partial charge in [-0.2, -0.15) is 0 Å². The molecule has 2 heterocycles. The van der Waals surface area contributed by atoms with Gasteiger partial charge in [0.05, 0.1) is 24.9 Å². The summed E-state index contributed by atoms with van der Waals surface area (Å²) < 4.78 is 18.0. The summed E-state index contributed by atoms with van der Waals surface area (Å²) in [7, 11) is 1.53. The van der Waals surface area contributed by atoms with Crippen molar-refractivity contribution in [2.75, 3.05) is 13.7 Å². The lowest BCUT2D eigenvalue weighted by atomic mass is 9.49. The third-order valence-electron chi connectivity index (χ3n) is 9.58. The maximum atomic E-state index is 12.8. The van der Waals surface area contributed by atoms with Crippen LogP contribution in [0.2, 0.25) is 0 Å². The summed E-state index contributed by atoms with van der Waals surface area (Å²) in [5.41, 5.74) is 0.859. The van der Waals surface area contributed by atoms with E-state index in [0.29, 0.717) is 18.3 Å². The molecule has 4 aliphatic carbocycles. The number of fused-ring (bicyclic) bond motifs is 1. The number of hydrogen-bond donors (Lipinski definition) is 2. The van der Waals surface area contributed by atoms with Crippen molar-refractivity contribution in [1.82, 2.24) is 0 Å². The van der Waals surface area contributed by atoms with Crippen LogP contribution in [0.5, 0.6) is 0 Å². The van der Waals surface area contributed by atoms with Crippen molar-refractivity contribution >= 4 is 5.97 Å². The molecule has 1 spiro atoms. The highest BCUT2D eigenvalue weighted by molar-refractivity contribution is 5.82. The molecule has 0 aromatic heterocycles. The first-order valence-corrected chi connectivity index (χ1v) is 11.9. The number of carbonyl (C=O) groups is 1. The van der Waals surface area contributed by atoms with Gasteiger partial charge in [0, 0.05) is 35.9 Å². The molecule has 2 N–H and O–H groups in total. The van der Waals surface area contributed by atoms with Gasteiger partial charge in [0.1, 0.15) is 12.2 Å². The number of esters is 1. The van der Waals surface area contributed by atoms with Gasteiger partial charge in [-0.3, -0.25) is 0 Å². The smallest absolute Gasteiger partial charge is 0.331 e. The van der Waals surface area contributed by atoms with Crippen LogP contribution in [-0.4, -0.2) is 60.4 Å². The maximum Gasteiger partial charge on any atom is 0.331 e. The zero-order valence-electron chi connectivity index (χ0n) is 19.5. The Bertz CT molecular complexity index is 876. The molecule has 6 aliphatic rings. The van der Waals surface area contributed by atoms with Crippen molar-refractivity contribution in [2.24, 2.45) is 28.1 Å². The predicted octanol–water partition coefficient (Wildman–Crippen LogP) is 2.94. The van der Waals surface area contributed by atoms with E-state index in [9.17, 15) is 15.0 Å². The number of aliphatic hydroxyl groups excluding tert-OH is 2. The summed E-state index contributed by atoms with van der Waals surface area (Å²) in [4.78, 5) is 12.8. The molecule has 0 radical (unpaired) electrons. The Kier molecular flexibility index (Phi) is 5.25. The average Bonchev–Trinajstić information content (AvgIpc) is 3.62. The molecule has 5 fully saturated rings. The molecule has 6 heteroatoms. The van der Waals surface area contributed by atoms with Crippen LogP contribution < -0.4 is 0 Å². The van der Waals surface area contributed by atoms with Crippen LogP contribution in [0.3, 0.4) is 0 Å². The van der Waals surface area contributed by atoms with E-state index in [1.54, 1.807) is 25.2 Å². The van der Waals surface area contributed by atoms with Gasteiger partial charge in [0.2, 0.25) is 0 Å². The third-order valence-corrected chi connectivity index (χ3v) is 9.58. The van der Waals surface area contributed by atoms with Crippen molar-refractivity contribution in [3.8, 4) is 0 Å². The van der Waals surface area contributed by atoms with Crippen LogP contribution >= 0.6 is 0 Å². The number of hydrogen-bond acceptors (Lipinski definition) is 6. The van der Waals surface area contributed by atoms with E-state index in [1.807, 2.05) is 0 Å². The van der Waals surface area contributed by atoms with Crippen LogP contribution in [0.25, 0.3) is 0 Å². The molecular weight excluding hydrogens is 408 g/mol. The average molecular weight is 445 g/mol. The summed E-state index contributed by atoms with van der Waals surface area (Å²) in [6, 6.07) is 0. The molecule has 0 amide bonds. The summed E-state index contributed by atoms with van der Waals surface area (Å²) in [5.74, 6) is 0.741. The monoisotopic (exact) mass is 444 g/mol. The molecule has 2 saturated heterocycles. The Balaban J connectivity index is 1.37. The van der Waals surface area contributed by atoms with Crippen molar-refractivity contribution in [3.63, 3.8) is 0 Å². The van der Waals surface area contributed by atoms with Crippen molar-refractivity contribution in [1.29, 1.82) is 0 Å². The minimum Gasteiger partial charge on any atom is -0.458 e. The highest BCUT2D eigenvalue weighted by Crippen LogP contribution is 2.92. The lowest BCUT2D eigenvalue weighted by Crippen LogP contribution is -2.59. The van der Waals surface area contributed by atoms with Gasteiger partial charge < -0.3 is 24.4 Å². The summed E-state index contributed by atoms with van der Waals surface area (Å²) in [5, 5.41) is 20.4. The fourth-order valence-electron chi connectivity index (χ4n) is 7.58. The van der Waals surface area contributed by atoms with E-state index in [2.05, 4.69) is 19.9 Å². The second kappa shape index (κ2) is 7.52. The SMILES string of the molecule is CO[C@H](/C=C/C=C\C(=O)O[C@@H]1C[C@H]2OC3C=C(C)CC[C@]3(CO)[C@]1(C)C1C3CC312)[C@@H](C)O. The number of carbonyl (C=O) groups excluding carboxylic acids is 1. The topological polar surface area (TPSA) is 85.2 Å². The standard InChI is InChI=1S/C26H36O6/c1-15-9-10-25(14-27)20(11-15)31-21-12-19(24(25,3)23-17-13-26(17,21)23)32-22(29)8-6-5-7-18(30-4)16(2)28/h5-8,11,16-21,23,27-28H,9-10,12-14H2,1-4H3/b7-5+,8-6-/t16-,17?,18-,19-,20?,21-,23?,24+,25-,26?/m1/s1. The quantitative estimate of drug-likeness (QED) is 0.272. The van der Waals surface area contributed by atoms with Gasteiger partial charge in [-0.05, 0) is 44.9 Å². The highest BCUT2D eigenvalue weighted by Gasteiger charge is 2.92. The predicted molar refractivity (Wildman–Crippen MR) is 119 cm³/mol. The van der Waals surface area contributed by atoms with Crippen LogP contribution in [0.1, 0.15) is 46.5 Å². The van der Waals surface area contributed by atoms with Gasteiger partial charge in [0.25, 0.3) is 0 Å². The molecule has 3 saturated carbocycles. The largest absolute Gasteiger partial charge is 0.458 e. The maximum absolute atomic E-state index is 12.8. The summed E-state index contributed by atoms with van der Waals surface area (Å²) in [6.07, 6.45) is 11.0. The number of allylic oxidation sites excluding steroid dienone is 3. The molecule has 176 valence electrons. The molecular formula is C26H36O6. The minimum atomic E-state index is -0.633. The normalized spacial score (nSPS) is 47.8. The first-order chi connectivity index (χ1) is 15.2. The second-order valence-corrected chi connectivity index (χ2v) is 10.9. The van der Waals surface area contributed by atoms with E-state index in [1.165, 1.54) is 25.2 Å². The lowest BCUT2D eigenvalue weighted by molar-refractivity contribution is -0.177. The van der Waals surface area contributed by atoms with E-state index >= 15 is 0 Å². The first kappa shape index (κ1) is 22.3. The van der Waals surface area contributed by atoms with Gasteiger partial charge >= 0.3 is 5.97 Å². The van der Waals surface area contributed by atoms with E-state index < -0.39 is 17.6 Å². The Morgan fingerprint density at radius 1 is 1.41 bits per heavy atom. The Morgan fingerprint density at radius 3 is 2.84 bits per heavy atom. The Morgan fingerprint density at radius 2 is 2.19 bits per heavy atom. The summed E-state index contributed by atoms with van der Waals surface area (Å²) in [6.45, 7) is 6.10. The Hall–Kier alpha value is -1.47. The lowest BCUT2D eigenvalue weighted by Gasteiger charge is -2.55. The van der Waals surface area contributed by atoms with Gasteiger partial charge in [0.15, 0.2) is 0 Å². The van der Waals surface area contributed by atoms with E-state index in [4.69, 9.17) is 14.2 Å².